The van der Waals surface area contributed by atoms with Crippen LogP contribution in [-0.2, 0) is 25.7 Å². The lowest BCUT2D eigenvalue weighted by atomic mass is 9.85. The summed E-state index contributed by atoms with van der Waals surface area (Å²) in [5.41, 5.74) is -1.11. The molecule has 0 saturated carbocycles. The number of alkyl carbamates (subject to hydrolysis) is 1. The van der Waals surface area contributed by atoms with Crippen molar-refractivity contribution < 1.29 is 23.9 Å². The molecule has 1 saturated heterocycles. The summed E-state index contributed by atoms with van der Waals surface area (Å²) in [5.74, 6) is -0.480. The molecule has 1 fully saturated rings. The van der Waals surface area contributed by atoms with E-state index in [1.807, 2.05) is 44.2 Å². The Kier molecular flexibility index (Phi) is 8.84. The van der Waals surface area contributed by atoms with Crippen LogP contribution in [0.25, 0.3) is 0 Å². The van der Waals surface area contributed by atoms with Crippen LogP contribution >= 0.6 is 0 Å². The van der Waals surface area contributed by atoms with E-state index in [2.05, 4.69) is 5.32 Å². The molecule has 1 aliphatic rings. The molecule has 1 aliphatic heterocycles. The first-order valence-electron chi connectivity index (χ1n) is 11.4. The zero-order valence-electron chi connectivity index (χ0n) is 20.3. The molecule has 1 heterocycles. The van der Waals surface area contributed by atoms with Crippen LogP contribution < -0.4 is 5.32 Å². The van der Waals surface area contributed by atoms with Crippen LogP contribution in [0.5, 0.6) is 0 Å². The topological polar surface area (TPSA) is 84.9 Å². The van der Waals surface area contributed by atoms with Crippen molar-refractivity contribution >= 4 is 17.8 Å². The highest BCUT2D eigenvalue weighted by molar-refractivity contribution is 6.09. The van der Waals surface area contributed by atoms with Gasteiger partial charge in [0.25, 0.3) is 0 Å². The fraction of sp³-hybridized carbons (Fsp3) is 0.640. The van der Waals surface area contributed by atoms with Crippen LogP contribution in [0.2, 0.25) is 0 Å². The lowest BCUT2D eigenvalue weighted by molar-refractivity contribution is -0.170. The summed E-state index contributed by atoms with van der Waals surface area (Å²) in [6.07, 6.45) is 1.23. The van der Waals surface area contributed by atoms with Gasteiger partial charge in [0.1, 0.15) is 12.2 Å². The number of likely N-dealkylation sites (N-methyl/N-ethyl adjacent to an activating group) is 1. The normalized spacial score (nSPS) is 20.1. The molecule has 32 heavy (non-hydrogen) atoms. The Morgan fingerprint density at radius 3 is 2.34 bits per heavy atom. The Balaban J connectivity index is 2.10. The second kappa shape index (κ2) is 10.9. The molecule has 7 heteroatoms. The number of esters is 1. The van der Waals surface area contributed by atoms with Gasteiger partial charge >= 0.3 is 12.1 Å². The highest BCUT2D eigenvalue weighted by atomic mass is 16.6. The first-order valence-corrected chi connectivity index (χ1v) is 11.4. The smallest absolute Gasteiger partial charge is 0.407 e. The Morgan fingerprint density at radius 2 is 1.81 bits per heavy atom. The molecule has 7 nitrogen and oxygen atoms in total. The number of rotatable bonds is 9. The second-order valence-electron chi connectivity index (χ2n) is 10.0. The summed E-state index contributed by atoms with van der Waals surface area (Å²) in [6, 6.07) is 8.98. The number of ketones is 1. The summed E-state index contributed by atoms with van der Waals surface area (Å²) in [4.78, 5) is 40.9. The van der Waals surface area contributed by atoms with Gasteiger partial charge in [0.2, 0.25) is 0 Å². The van der Waals surface area contributed by atoms with E-state index in [4.69, 9.17) is 9.47 Å². The molecule has 0 aliphatic carbocycles. The quantitative estimate of drug-likeness (QED) is 0.454. The molecule has 0 bridgehead atoms. The van der Waals surface area contributed by atoms with Crippen LogP contribution in [0.3, 0.4) is 0 Å². The maximum Gasteiger partial charge on any atom is 0.407 e. The minimum Gasteiger partial charge on any atom is -0.458 e. The van der Waals surface area contributed by atoms with Crippen molar-refractivity contribution in [3.63, 3.8) is 0 Å². The molecule has 1 amide bonds. The summed E-state index contributed by atoms with van der Waals surface area (Å²) in [5, 5.41) is 2.84. The fourth-order valence-electron chi connectivity index (χ4n) is 4.13. The largest absolute Gasteiger partial charge is 0.458 e. The Bertz CT molecular complexity index is 787. The SMILES string of the molecule is CC(C)CC(CC(=O)[C@@]1(C(=O)OC(C)(C)C)CCCN1C)NC(=O)OCc1ccccc1. The number of carbonyl (C=O) groups excluding carboxylic acids is 3. The van der Waals surface area contributed by atoms with Gasteiger partial charge in [-0.2, -0.15) is 0 Å². The maximum absolute atomic E-state index is 13.5. The number of Topliss-reactive ketones (excluding diaryl/α,β-unsaturated/α-hetero) is 1. The lowest BCUT2D eigenvalue weighted by Crippen LogP contribution is -2.58. The number of likely N-dealkylation sites (tertiary alicyclic amines) is 1. The molecule has 178 valence electrons. The summed E-state index contributed by atoms with van der Waals surface area (Å²) in [7, 11) is 1.79. The minimum absolute atomic E-state index is 0.0438. The Hall–Kier alpha value is -2.41. The zero-order chi connectivity index (χ0) is 23.9. The molecule has 1 aromatic carbocycles. The average Bonchev–Trinajstić information content (AvgIpc) is 3.08. The van der Waals surface area contributed by atoms with Crippen LogP contribution in [0.4, 0.5) is 4.79 Å². The lowest BCUT2D eigenvalue weighted by Gasteiger charge is -2.36. The van der Waals surface area contributed by atoms with Gasteiger partial charge < -0.3 is 14.8 Å². The number of hydrogen-bond acceptors (Lipinski definition) is 6. The maximum atomic E-state index is 13.5. The van der Waals surface area contributed by atoms with Gasteiger partial charge in [0.15, 0.2) is 11.3 Å². The number of hydrogen-bond donors (Lipinski definition) is 1. The van der Waals surface area contributed by atoms with E-state index in [0.29, 0.717) is 19.4 Å². The fourth-order valence-corrected chi connectivity index (χ4v) is 4.13. The van der Waals surface area contributed by atoms with Gasteiger partial charge in [-0.3, -0.25) is 9.69 Å². The van der Waals surface area contributed by atoms with Gasteiger partial charge in [-0.1, -0.05) is 44.2 Å². The molecule has 0 aromatic heterocycles. The van der Waals surface area contributed by atoms with Crippen molar-refractivity contribution in [2.24, 2.45) is 5.92 Å². The van der Waals surface area contributed by atoms with Gasteiger partial charge in [0.05, 0.1) is 0 Å². The number of ether oxygens (including phenoxy) is 2. The predicted molar refractivity (Wildman–Crippen MR) is 123 cm³/mol. The van der Waals surface area contributed by atoms with E-state index in [-0.39, 0.29) is 24.7 Å². The van der Waals surface area contributed by atoms with Gasteiger partial charge in [-0.05, 0) is 65.1 Å². The highest BCUT2D eigenvalue weighted by Crippen LogP contribution is 2.33. The van der Waals surface area contributed by atoms with Gasteiger partial charge in [0, 0.05) is 12.5 Å². The van der Waals surface area contributed by atoms with Crippen LogP contribution in [-0.4, -0.2) is 53.5 Å². The second-order valence-corrected chi connectivity index (χ2v) is 10.0. The molecule has 2 atom stereocenters. The summed E-state index contributed by atoms with van der Waals surface area (Å²) >= 11 is 0. The molecule has 1 N–H and O–H groups in total. The standard InChI is InChI=1S/C25H38N2O5/c1-18(2)15-20(26-23(30)31-17-19-11-8-7-9-12-19)16-21(28)25(13-10-14-27(25)6)22(29)32-24(3,4)5/h7-9,11-12,18,20H,10,13-17H2,1-6H3,(H,26,30)/t20?,25-/m1/s1. The third kappa shape index (κ3) is 7.05. The highest BCUT2D eigenvalue weighted by Gasteiger charge is 2.54. The van der Waals surface area contributed by atoms with Crippen LogP contribution in [0, 0.1) is 5.92 Å². The van der Waals surface area contributed by atoms with Gasteiger partial charge in [-0.25, -0.2) is 9.59 Å². The number of amides is 1. The number of benzene rings is 1. The van der Waals surface area contributed by atoms with E-state index < -0.39 is 29.2 Å². The van der Waals surface area contributed by atoms with Crippen molar-refractivity contribution in [1.29, 1.82) is 0 Å². The van der Waals surface area contributed by atoms with Crippen molar-refractivity contribution in [2.75, 3.05) is 13.6 Å². The van der Waals surface area contributed by atoms with E-state index in [1.165, 1.54) is 0 Å². The number of nitrogens with one attached hydrogen (secondary N) is 1. The Labute approximate surface area is 191 Å². The summed E-state index contributed by atoms with van der Waals surface area (Å²) in [6.45, 7) is 10.2. The van der Waals surface area contributed by atoms with Gasteiger partial charge in [-0.15, -0.1) is 0 Å². The molecular weight excluding hydrogens is 408 g/mol. The molecule has 2 rings (SSSR count). The van der Waals surface area contributed by atoms with Crippen molar-refractivity contribution in [3.8, 4) is 0 Å². The molecule has 1 unspecified atom stereocenters. The minimum atomic E-state index is -1.31. The number of carbonyl (C=O) groups is 3. The third-order valence-corrected chi connectivity index (χ3v) is 5.60. The molecule has 0 spiro atoms. The predicted octanol–water partition coefficient (Wildman–Crippen LogP) is 4.09. The molecular formula is C25H38N2O5. The van der Waals surface area contributed by atoms with Crippen LogP contribution in [0.15, 0.2) is 30.3 Å². The van der Waals surface area contributed by atoms with Crippen LogP contribution in [0.1, 0.15) is 65.9 Å². The molecule has 0 radical (unpaired) electrons. The van der Waals surface area contributed by atoms with E-state index >= 15 is 0 Å². The Morgan fingerprint density at radius 1 is 1.16 bits per heavy atom. The summed E-state index contributed by atoms with van der Waals surface area (Å²) < 4.78 is 11.0. The van der Waals surface area contributed by atoms with Crippen molar-refractivity contribution in [2.45, 2.75) is 84.1 Å². The average molecular weight is 447 g/mol. The molecule has 1 aromatic rings. The van der Waals surface area contributed by atoms with E-state index in [9.17, 15) is 14.4 Å². The zero-order valence-corrected chi connectivity index (χ0v) is 20.3. The number of nitrogens with zero attached hydrogens (tertiary/aromatic N) is 1. The van der Waals surface area contributed by atoms with E-state index in [0.717, 1.165) is 12.0 Å². The first kappa shape index (κ1) is 25.8. The monoisotopic (exact) mass is 446 g/mol. The van der Waals surface area contributed by atoms with E-state index in [1.54, 1.807) is 32.7 Å². The van der Waals surface area contributed by atoms with Crippen molar-refractivity contribution in [3.05, 3.63) is 35.9 Å². The van der Waals surface area contributed by atoms with Crippen molar-refractivity contribution in [1.82, 2.24) is 10.2 Å². The third-order valence-electron chi connectivity index (χ3n) is 5.60. The first-order chi connectivity index (χ1) is 14.9.